The Hall–Kier alpha value is -6.04. The first-order chi connectivity index (χ1) is 21.0. The van der Waals surface area contributed by atoms with Gasteiger partial charge in [-0.3, -0.25) is 14.3 Å². The summed E-state index contributed by atoms with van der Waals surface area (Å²) in [6.45, 7) is 0. The molecule has 0 fully saturated rings. The van der Waals surface area contributed by atoms with Gasteiger partial charge in [-0.2, -0.15) is 5.10 Å². The molecular formula is C31H23N9O3. The zero-order valence-electron chi connectivity index (χ0n) is 22.6. The van der Waals surface area contributed by atoms with Gasteiger partial charge in [0.1, 0.15) is 11.3 Å². The fraction of sp³-hybridized carbons (Fsp3) is 0.0968. The number of nitrogens with two attached hydrogens (primary N) is 1. The van der Waals surface area contributed by atoms with Crippen LogP contribution >= 0.6 is 0 Å². The van der Waals surface area contributed by atoms with Crippen molar-refractivity contribution in [3.05, 3.63) is 113 Å². The fourth-order valence-electron chi connectivity index (χ4n) is 5.73. The van der Waals surface area contributed by atoms with Crippen LogP contribution in [-0.2, 0) is 6.42 Å². The maximum absolute atomic E-state index is 13.1. The number of benzene rings is 2. The van der Waals surface area contributed by atoms with Crippen LogP contribution in [0.1, 0.15) is 33.9 Å². The minimum Gasteiger partial charge on any atom is -0.408 e. The Morgan fingerprint density at radius 3 is 2.84 bits per heavy atom. The Morgan fingerprint density at radius 1 is 1.05 bits per heavy atom. The van der Waals surface area contributed by atoms with E-state index in [1.807, 2.05) is 53.2 Å². The summed E-state index contributed by atoms with van der Waals surface area (Å²) in [6, 6.07) is 20.3. The summed E-state index contributed by atoms with van der Waals surface area (Å²) in [5.41, 5.74) is 12.7. The monoisotopic (exact) mass is 569 g/mol. The average molecular weight is 570 g/mol. The minimum absolute atomic E-state index is 0.164. The molecule has 1 aliphatic carbocycles. The second-order valence-corrected chi connectivity index (χ2v) is 10.3. The predicted molar refractivity (Wildman–Crippen MR) is 159 cm³/mol. The van der Waals surface area contributed by atoms with Crippen LogP contribution in [0.4, 0.5) is 5.82 Å². The number of nitrogens with zero attached hydrogens (tertiary/aromatic N) is 6. The maximum Gasteiger partial charge on any atom is 0.417 e. The van der Waals surface area contributed by atoms with Gasteiger partial charge in [0.15, 0.2) is 22.9 Å². The van der Waals surface area contributed by atoms with Gasteiger partial charge in [-0.1, -0.05) is 6.07 Å². The summed E-state index contributed by atoms with van der Waals surface area (Å²) in [5.74, 6) is 0.858. The number of amides is 1. The third kappa shape index (κ3) is 4.15. The minimum atomic E-state index is -0.555. The SMILES string of the molecule is Nc1ncccc1-c1nc2ccc(-n3cccn3)nc2n1-c1ccc2c(c1)CC[C@@H]2NC(=O)c1ccc2[nH]c(=O)oc2c1. The highest BCUT2D eigenvalue weighted by atomic mass is 16.4. The summed E-state index contributed by atoms with van der Waals surface area (Å²) < 4.78 is 8.81. The van der Waals surface area contributed by atoms with Crippen LogP contribution in [0.25, 0.3) is 45.2 Å². The molecule has 5 aromatic heterocycles. The second kappa shape index (κ2) is 9.52. The van der Waals surface area contributed by atoms with Crippen LogP contribution in [0.5, 0.6) is 0 Å². The molecular weight excluding hydrogens is 546 g/mol. The molecule has 12 heteroatoms. The Kier molecular flexibility index (Phi) is 5.47. The van der Waals surface area contributed by atoms with Crippen molar-refractivity contribution in [2.75, 3.05) is 5.73 Å². The number of anilines is 1. The Morgan fingerprint density at radius 2 is 1.98 bits per heavy atom. The number of rotatable bonds is 5. The average Bonchev–Trinajstić information content (AvgIpc) is 3.82. The molecule has 0 radical (unpaired) electrons. The number of fused-ring (bicyclic) bond motifs is 3. The molecule has 0 unspecified atom stereocenters. The number of carbonyl (C=O) groups excluding carboxylic acids is 1. The summed E-state index contributed by atoms with van der Waals surface area (Å²) in [6.07, 6.45) is 6.72. The van der Waals surface area contributed by atoms with Gasteiger partial charge in [0, 0.05) is 29.8 Å². The number of aromatic nitrogens is 7. The van der Waals surface area contributed by atoms with Crippen LogP contribution in [0.3, 0.4) is 0 Å². The number of nitrogens with one attached hydrogen (secondary N) is 2. The number of pyridine rings is 2. The van der Waals surface area contributed by atoms with Crippen molar-refractivity contribution >= 4 is 34.0 Å². The number of H-pyrrole nitrogens is 1. The molecule has 210 valence electrons. The van der Waals surface area contributed by atoms with Gasteiger partial charge in [0.2, 0.25) is 0 Å². The van der Waals surface area contributed by atoms with Gasteiger partial charge in [-0.05, 0) is 84.6 Å². The van der Waals surface area contributed by atoms with Crippen molar-refractivity contribution in [1.29, 1.82) is 0 Å². The van der Waals surface area contributed by atoms with E-state index in [0.717, 1.165) is 29.7 Å². The Bertz CT molecular complexity index is 2240. The standard InChI is InChI=1S/C31H23N9O3/c32-27-21(3-1-12-33-27)28-35-24-10-11-26(39-14-2-13-34-39)38-29(24)40(28)19-6-7-20-17(15-19)4-8-22(20)36-30(41)18-5-9-23-25(16-18)43-31(42)37-23/h1-3,5-7,9-16,22H,4,8H2,(H2,32,33)(H,36,41)(H,37,42)/t22-/m0/s1. The lowest BCUT2D eigenvalue weighted by molar-refractivity contribution is 0.0936. The molecule has 0 spiro atoms. The lowest BCUT2D eigenvalue weighted by Gasteiger charge is -2.16. The van der Waals surface area contributed by atoms with Crippen molar-refractivity contribution in [1.82, 2.24) is 39.6 Å². The molecule has 12 nitrogen and oxygen atoms in total. The van der Waals surface area contributed by atoms with E-state index in [9.17, 15) is 9.59 Å². The van der Waals surface area contributed by atoms with E-state index in [0.29, 0.717) is 50.9 Å². The maximum atomic E-state index is 13.1. The number of aryl methyl sites for hydroxylation is 1. The zero-order chi connectivity index (χ0) is 29.1. The number of oxazole rings is 1. The van der Waals surface area contributed by atoms with Crippen LogP contribution in [0.2, 0.25) is 0 Å². The predicted octanol–water partition coefficient (Wildman–Crippen LogP) is 4.10. The Balaban J connectivity index is 1.18. The number of aromatic amines is 1. The lowest BCUT2D eigenvalue weighted by Crippen LogP contribution is -2.27. The van der Waals surface area contributed by atoms with Gasteiger partial charge in [-0.15, -0.1) is 0 Å². The highest BCUT2D eigenvalue weighted by Gasteiger charge is 2.26. The topological polar surface area (TPSA) is 163 Å². The van der Waals surface area contributed by atoms with Gasteiger partial charge in [0.05, 0.1) is 17.1 Å². The summed E-state index contributed by atoms with van der Waals surface area (Å²) in [7, 11) is 0. The van der Waals surface area contributed by atoms with Crippen LogP contribution in [0, 0.1) is 0 Å². The van der Waals surface area contributed by atoms with Crippen LogP contribution in [0.15, 0.2) is 94.5 Å². The summed E-state index contributed by atoms with van der Waals surface area (Å²) >= 11 is 0. The lowest BCUT2D eigenvalue weighted by atomic mass is 10.1. The molecule has 1 aliphatic rings. The first-order valence-corrected chi connectivity index (χ1v) is 13.7. The zero-order valence-corrected chi connectivity index (χ0v) is 22.6. The third-order valence-electron chi connectivity index (χ3n) is 7.76. The summed E-state index contributed by atoms with van der Waals surface area (Å²) in [5, 5.41) is 7.47. The number of hydrogen-bond donors (Lipinski definition) is 3. The van der Waals surface area contributed by atoms with Crippen molar-refractivity contribution in [2.45, 2.75) is 18.9 Å². The molecule has 1 amide bonds. The molecule has 8 rings (SSSR count). The molecule has 0 saturated carbocycles. The van der Waals surface area contributed by atoms with Crippen molar-refractivity contribution in [3.63, 3.8) is 0 Å². The molecule has 4 N–H and O–H groups in total. The first kappa shape index (κ1) is 24.7. The van der Waals surface area contributed by atoms with E-state index >= 15 is 0 Å². The van der Waals surface area contributed by atoms with E-state index in [-0.39, 0.29) is 11.9 Å². The molecule has 7 aromatic rings. The molecule has 1 atom stereocenters. The number of hydrogen-bond acceptors (Lipinski definition) is 8. The molecule has 0 aliphatic heterocycles. The molecule has 2 aromatic carbocycles. The number of imidazole rings is 1. The molecule has 0 bridgehead atoms. The molecule has 5 heterocycles. The smallest absolute Gasteiger partial charge is 0.408 e. The molecule has 0 saturated heterocycles. The number of carbonyl (C=O) groups is 1. The van der Waals surface area contributed by atoms with Gasteiger partial charge in [-0.25, -0.2) is 24.4 Å². The number of nitrogen functional groups attached to an aromatic ring is 1. The highest BCUT2D eigenvalue weighted by molar-refractivity contribution is 5.97. The van der Waals surface area contributed by atoms with E-state index in [2.05, 4.69) is 26.4 Å². The van der Waals surface area contributed by atoms with E-state index in [1.165, 1.54) is 0 Å². The van der Waals surface area contributed by atoms with Crippen molar-refractivity contribution in [3.8, 4) is 22.9 Å². The van der Waals surface area contributed by atoms with Gasteiger partial charge in [0.25, 0.3) is 5.91 Å². The molecule has 43 heavy (non-hydrogen) atoms. The fourth-order valence-corrected chi connectivity index (χ4v) is 5.73. The van der Waals surface area contributed by atoms with Gasteiger partial charge < -0.3 is 15.5 Å². The van der Waals surface area contributed by atoms with Gasteiger partial charge >= 0.3 is 5.76 Å². The largest absolute Gasteiger partial charge is 0.417 e. The van der Waals surface area contributed by atoms with E-state index in [1.54, 1.807) is 35.3 Å². The Labute approximate surface area is 242 Å². The normalized spacial score (nSPS) is 14.4. The van der Waals surface area contributed by atoms with Crippen molar-refractivity contribution in [2.24, 2.45) is 0 Å². The van der Waals surface area contributed by atoms with Crippen molar-refractivity contribution < 1.29 is 9.21 Å². The van der Waals surface area contributed by atoms with E-state index in [4.69, 9.17) is 20.1 Å². The third-order valence-corrected chi connectivity index (χ3v) is 7.76. The quantitative estimate of drug-likeness (QED) is 0.279. The van der Waals surface area contributed by atoms with Crippen LogP contribution in [-0.4, -0.2) is 40.2 Å². The first-order valence-electron chi connectivity index (χ1n) is 13.7. The van der Waals surface area contributed by atoms with Crippen LogP contribution < -0.4 is 16.8 Å². The highest BCUT2D eigenvalue weighted by Crippen LogP contribution is 2.36. The second-order valence-electron chi connectivity index (χ2n) is 10.3. The van der Waals surface area contributed by atoms with E-state index < -0.39 is 5.76 Å². The summed E-state index contributed by atoms with van der Waals surface area (Å²) in [4.78, 5) is 41.4.